The molecule has 21 heavy (non-hydrogen) atoms. The number of anilines is 2. The molecule has 0 saturated heterocycles. The average Bonchev–Trinajstić information content (AvgIpc) is 2.49. The zero-order valence-electron chi connectivity index (χ0n) is 12.8. The van der Waals surface area contributed by atoms with Gasteiger partial charge in [0.15, 0.2) is 0 Å². The summed E-state index contributed by atoms with van der Waals surface area (Å²) < 4.78 is 0. The van der Waals surface area contributed by atoms with Crippen LogP contribution in [0.5, 0.6) is 0 Å². The number of carbonyl (C=O) groups excluding carboxylic acids is 1. The van der Waals surface area contributed by atoms with Crippen LogP contribution in [0, 0.1) is 0 Å². The van der Waals surface area contributed by atoms with Crippen molar-refractivity contribution in [3.8, 4) is 0 Å². The number of nitrogens with zero attached hydrogens (tertiary/aromatic N) is 1. The van der Waals surface area contributed by atoms with Crippen LogP contribution in [-0.2, 0) is 0 Å². The summed E-state index contributed by atoms with van der Waals surface area (Å²) >= 11 is 0. The molecule has 0 fully saturated rings. The van der Waals surface area contributed by atoms with Gasteiger partial charge in [0, 0.05) is 24.0 Å². The van der Waals surface area contributed by atoms with Crippen molar-refractivity contribution < 1.29 is 4.79 Å². The molecule has 0 aliphatic heterocycles. The predicted molar refractivity (Wildman–Crippen MR) is 89.0 cm³/mol. The largest absolute Gasteiger partial charge is 0.382 e. The normalized spacial score (nSPS) is 10.5. The first-order valence-electron chi connectivity index (χ1n) is 7.36. The van der Waals surface area contributed by atoms with E-state index in [2.05, 4.69) is 19.2 Å². The third kappa shape index (κ3) is 3.63. The first-order valence-corrected chi connectivity index (χ1v) is 7.36. The SMILES string of the molecule is CCN(C(=O)c1ccccc1NC(C)C)c1ccccc1. The molecule has 110 valence electrons. The Labute approximate surface area is 126 Å². The van der Waals surface area contributed by atoms with Crippen molar-refractivity contribution in [1.29, 1.82) is 0 Å². The second-order valence-electron chi connectivity index (χ2n) is 5.23. The lowest BCUT2D eigenvalue weighted by Crippen LogP contribution is -2.31. The quantitative estimate of drug-likeness (QED) is 0.892. The van der Waals surface area contributed by atoms with Gasteiger partial charge >= 0.3 is 0 Å². The monoisotopic (exact) mass is 282 g/mol. The lowest BCUT2D eigenvalue weighted by Gasteiger charge is -2.23. The van der Waals surface area contributed by atoms with E-state index in [9.17, 15) is 4.79 Å². The molecule has 0 atom stereocenters. The summed E-state index contributed by atoms with van der Waals surface area (Å²) in [4.78, 5) is 14.7. The number of hydrogen-bond acceptors (Lipinski definition) is 2. The Morgan fingerprint density at radius 3 is 2.29 bits per heavy atom. The van der Waals surface area contributed by atoms with Crippen molar-refractivity contribution in [2.24, 2.45) is 0 Å². The Kier molecular flexibility index (Phi) is 4.99. The van der Waals surface area contributed by atoms with E-state index in [4.69, 9.17) is 0 Å². The maximum atomic E-state index is 12.9. The molecule has 0 aliphatic rings. The standard InChI is InChI=1S/C18H22N2O/c1-4-20(15-10-6-5-7-11-15)18(21)16-12-8-9-13-17(16)19-14(2)3/h5-14,19H,4H2,1-3H3. The number of nitrogens with one attached hydrogen (secondary N) is 1. The molecule has 2 rings (SSSR count). The highest BCUT2D eigenvalue weighted by Gasteiger charge is 2.18. The van der Waals surface area contributed by atoms with Crippen LogP contribution in [0.15, 0.2) is 54.6 Å². The van der Waals surface area contributed by atoms with Crippen LogP contribution in [0.1, 0.15) is 31.1 Å². The predicted octanol–water partition coefficient (Wildman–Crippen LogP) is 4.17. The van der Waals surface area contributed by atoms with E-state index in [-0.39, 0.29) is 11.9 Å². The number of rotatable bonds is 5. The van der Waals surface area contributed by atoms with Gasteiger partial charge in [-0.2, -0.15) is 0 Å². The smallest absolute Gasteiger partial charge is 0.260 e. The summed E-state index contributed by atoms with van der Waals surface area (Å²) in [5, 5.41) is 3.34. The highest BCUT2D eigenvalue weighted by Crippen LogP contribution is 2.22. The number of benzene rings is 2. The van der Waals surface area contributed by atoms with Crippen molar-refractivity contribution in [2.45, 2.75) is 26.8 Å². The van der Waals surface area contributed by atoms with Crippen molar-refractivity contribution in [1.82, 2.24) is 0 Å². The minimum atomic E-state index is 0.0208. The van der Waals surface area contributed by atoms with Crippen molar-refractivity contribution >= 4 is 17.3 Å². The Balaban J connectivity index is 2.34. The third-order valence-electron chi connectivity index (χ3n) is 3.23. The molecular weight excluding hydrogens is 260 g/mol. The molecule has 1 amide bonds. The van der Waals surface area contributed by atoms with Gasteiger partial charge in [0.25, 0.3) is 5.91 Å². The highest BCUT2D eigenvalue weighted by molar-refractivity contribution is 6.09. The van der Waals surface area contributed by atoms with Crippen LogP contribution >= 0.6 is 0 Å². The summed E-state index contributed by atoms with van der Waals surface area (Å²) in [6.07, 6.45) is 0. The van der Waals surface area contributed by atoms with Crippen LogP contribution in [0.25, 0.3) is 0 Å². The maximum absolute atomic E-state index is 12.9. The number of hydrogen-bond donors (Lipinski definition) is 1. The van der Waals surface area contributed by atoms with E-state index in [1.165, 1.54) is 0 Å². The molecular formula is C18H22N2O. The van der Waals surface area contributed by atoms with Crippen LogP contribution in [0.3, 0.4) is 0 Å². The average molecular weight is 282 g/mol. The topological polar surface area (TPSA) is 32.3 Å². The molecule has 0 saturated carbocycles. The Bertz CT molecular complexity index is 593. The van der Waals surface area contributed by atoms with Gasteiger partial charge in [-0.3, -0.25) is 4.79 Å². The second-order valence-corrected chi connectivity index (χ2v) is 5.23. The molecule has 0 spiro atoms. The summed E-state index contributed by atoms with van der Waals surface area (Å²) in [7, 11) is 0. The Morgan fingerprint density at radius 1 is 1.05 bits per heavy atom. The van der Waals surface area contributed by atoms with Crippen molar-refractivity contribution in [3.63, 3.8) is 0 Å². The number of carbonyl (C=O) groups is 1. The molecule has 0 bridgehead atoms. The number of amides is 1. The van der Waals surface area contributed by atoms with Gasteiger partial charge in [-0.15, -0.1) is 0 Å². The fourth-order valence-electron chi connectivity index (χ4n) is 2.30. The zero-order valence-corrected chi connectivity index (χ0v) is 12.8. The molecule has 2 aromatic rings. The van der Waals surface area contributed by atoms with Gasteiger partial charge in [0.05, 0.1) is 5.56 Å². The van der Waals surface area contributed by atoms with E-state index >= 15 is 0 Å². The summed E-state index contributed by atoms with van der Waals surface area (Å²) in [5.74, 6) is 0.0208. The van der Waals surface area contributed by atoms with E-state index in [0.29, 0.717) is 12.1 Å². The van der Waals surface area contributed by atoms with Crippen molar-refractivity contribution in [3.05, 3.63) is 60.2 Å². The first-order chi connectivity index (χ1) is 10.1. The van der Waals surface area contributed by atoms with E-state index < -0.39 is 0 Å². The molecule has 3 heteroatoms. The molecule has 0 unspecified atom stereocenters. The maximum Gasteiger partial charge on any atom is 0.260 e. The third-order valence-corrected chi connectivity index (χ3v) is 3.23. The van der Waals surface area contributed by atoms with Gasteiger partial charge in [-0.05, 0) is 45.0 Å². The van der Waals surface area contributed by atoms with Gasteiger partial charge in [0.2, 0.25) is 0 Å². The van der Waals surface area contributed by atoms with E-state index in [1.54, 1.807) is 4.90 Å². The molecule has 0 aliphatic carbocycles. The summed E-state index contributed by atoms with van der Waals surface area (Å²) in [5.41, 5.74) is 2.51. The fraction of sp³-hybridized carbons (Fsp3) is 0.278. The lowest BCUT2D eigenvalue weighted by atomic mass is 10.1. The second kappa shape index (κ2) is 6.93. The van der Waals surface area contributed by atoms with Crippen molar-refractivity contribution in [2.75, 3.05) is 16.8 Å². The van der Waals surface area contributed by atoms with Gasteiger partial charge in [-0.25, -0.2) is 0 Å². The molecule has 1 N–H and O–H groups in total. The minimum absolute atomic E-state index is 0.0208. The number of para-hydroxylation sites is 2. The van der Waals surface area contributed by atoms with Crippen LogP contribution in [0.4, 0.5) is 11.4 Å². The summed E-state index contributed by atoms with van der Waals surface area (Å²) in [6.45, 7) is 6.76. The molecule has 0 heterocycles. The first kappa shape index (κ1) is 15.1. The summed E-state index contributed by atoms with van der Waals surface area (Å²) in [6, 6.07) is 17.7. The van der Waals surface area contributed by atoms with Crippen LogP contribution < -0.4 is 10.2 Å². The molecule has 0 radical (unpaired) electrons. The molecule has 3 nitrogen and oxygen atoms in total. The van der Waals surface area contributed by atoms with E-state index in [0.717, 1.165) is 11.4 Å². The lowest BCUT2D eigenvalue weighted by molar-refractivity contribution is 0.0989. The van der Waals surface area contributed by atoms with E-state index in [1.807, 2.05) is 61.5 Å². The van der Waals surface area contributed by atoms with Gasteiger partial charge in [0.1, 0.15) is 0 Å². The highest BCUT2D eigenvalue weighted by atomic mass is 16.2. The van der Waals surface area contributed by atoms with Crippen LogP contribution in [-0.4, -0.2) is 18.5 Å². The Hall–Kier alpha value is -2.29. The van der Waals surface area contributed by atoms with Gasteiger partial charge < -0.3 is 10.2 Å². The Morgan fingerprint density at radius 2 is 1.67 bits per heavy atom. The minimum Gasteiger partial charge on any atom is -0.382 e. The fourth-order valence-corrected chi connectivity index (χ4v) is 2.30. The molecule has 2 aromatic carbocycles. The van der Waals surface area contributed by atoms with Crippen LogP contribution in [0.2, 0.25) is 0 Å². The van der Waals surface area contributed by atoms with Gasteiger partial charge in [-0.1, -0.05) is 30.3 Å². The zero-order chi connectivity index (χ0) is 15.2. The molecule has 0 aromatic heterocycles.